The molecule has 0 unspecified atom stereocenters. The molecule has 6 nitrogen and oxygen atoms in total. The molecular formula is C20H25BrO6. The molecule has 0 bridgehead atoms. The Balaban J connectivity index is 1.56. The first-order valence-electron chi connectivity index (χ1n) is 9.34. The largest absolute Gasteiger partial charge is 0.459 e. The highest BCUT2D eigenvalue weighted by Crippen LogP contribution is 2.24. The molecule has 0 spiro atoms. The van der Waals surface area contributed by atoms with E-state index < -0.39 is 12.2 Å². The van der Waals surface area contributed by atoms with E-state index in [0.717, 1.165) is 28.4 Å². The zero-order chi connectivity index (χ0) is 19.4. The van der Waals surface area contributed by atoms with Crippen LogP contribution in [-0.2, 0) is 41.8 Å². The predicted molar refractivity (Wildman–Crippen MR) is 101 cm³/mol. The van der Waals surface area contributed by atoms with Crippen molar-refractivity contribution in [2.75, 3.05) is 0 Å². The molecule has 2 heterocycles. The van der Waals surface area contributed by atoms with Gasteiger partial charge in [-0.3, -0.25) is 0 Å². The van der Waals surface area contributed by atoms with Crippen LogP contribution in [0.2, 0.25) is 0 Å². The van der Waals surface area contributed by atoms with E-state index in [0.29, 0.717) is 12.8 Å². The van der Waals surface area contributed by atoms with Crippen molar-refractivity contribution in [2.45, 2.75) is 77.2 Å². The minimum absolute atomic E-state index is 0.0870. The third kappa shape index (κ3) is 5.53. The van der Waals surface area contributed by atoms with Crippen LogP contribution in [0.25, 0.3) is 0 Å². The topological polar surface area (TPSA) is 71.1 Å². The molecule has 1 aromatic rings. The van der Waals surface area contributed by atoms with E-state index in [1.54, 1.807) is 0 Å². The molecule has 2 saturated heterocycles. The lowest BCUT2D eigenvalue weighted by Crippen LogP contribution is -2.24. The second kappa shape index (κ2) is 9.17. The van der Waals surface area contributed by atoms with Gasteiger partial charge in [0.15, 0.2) is 12.2 Å². The van der Waals surface area contributed by atoms with Crippen molar-refractivity contribution < 1.29 is 28.5 Å². The number of hydrogen-bond donors (Lipinski definition) is 0. The van der Waals surface area contributed by atoms with Gasteiger partial charge in [-0.25, -0.2) is 9.59 Å². The number of carbonyl (C=O) groups excluding carboxylic acids is 2. The van der Waals surface area contributed by atoms with Crippen LogP contribution >= 0.6 is 15.9 Å². The number of halogens is 1. The molecule has 0 radical (unpaired) electrons. The Morgan fingerprint density at radius 3 is 1.93 bits per heavy atom. The smallest absolute Gasteiger partial charge is 0.335 e. The fraction of sp³-hybridized carbons (Fsp3) is 0.600. The Morgan fingerprint density at radius 1 is 0.926 bits per heavy atom. The molecule has 0 amide bonds. The van der Waals surface area contributed by atoms with E-state index in [4.69, 9.17) is 18.9 Å². The van der Waals surface area contributed by atoms with Crippen molar-refractivity contribution in [3.8, 4) is 0 Å². The van der Waals surface area contributed by atoms with Crippen LogP contribution in [0.5, 0.6) is 0 Å². The molecule has 0 aromatic heterocycles. The van der Waals surface area contributed by atoms with Crippen LogP contribution in [0.15, 0.2) is 22.7 Å². The summed E-state index contributed by atoms with van der Waals surface area (Å²) >= 11 is 3.43. The summed E-state index contributed by atoms with van der Waals surface area (Å²) in [6, 6.07) is 5.58. The maximum Gasteiger partial charge on any atom is 0.335 e. The average Bonchev–Trinajstić information content (AvgIpc) is 3.27. The normalized spacial score (nSPS) is 27.5. The van der Waals surface area contributed by atoms with Gasteiger partial charge in [0.25, 0.3) is 0 Å². The van der Waals surface area contributed by atoms with Crippen molar-refractivity contribution >= 4 is 27.9 Å². The molecule has 2 aliphatic rings. The summed E-state index contributed by atoms with van der Waals surface area (Å²) < 4.78 is 22.8. The molecule has 1 aromatic carbocycles. The third-order valence-electron chi connectivity index (χ3n) is 4.90. The first kappa shape index (κ1) is 20.3. The maximum absolute atomic E-state index is 12.2. The summed E-state index contributed by atoms with van der Waals surface area (Å²) in [5.41, 5.74) is 1.59. The summed E-state index contributed by atoms with van der Waals surface area (Å²) in [6.07, 6.45) is 2.29. The van der Waals surface area contributed by atoms with E-state index in [1.807, 2.05) is 32.0 Å². The molecule has 27 heavy (non-hydrogen) atoms. The lowest BCUT2D eigenvalue weighted by molar-refractivity contribution is -0.158. The Morgan fingerprint density at radius 2 is 1.44 bits per heavy atom. The van der Waals surface area contributed by atoms with Gasteiger partial charge >= 0.3 is 11.9 Å². The maximum atomic E-state index is 12.2. The fourth-order valence-electron chi connectivity index (χ4n) is 3.31. The lowest BCUT2D eigenvalue weighted by atomic mass is 10.1. The predicted octanol–water partition coefficient (Wildman–Crippen LogP) is 3.67. The van der Waals surface area contributed by atoms with Crippen molar-refractivity contribution in [1.29, 1.82) is 0 Å². The number of hydrogen-bond acceptors (Lipinski definition) is 6. The molecule has 0 N–H and O–H groups in total. The monoisotopic (exact) mass is 440 g/mol. The van der Waals surface area contributed by atoms with Crippen LogP contribution in [0.1, 0.15) is 50.7 Å². The van der Waals surface area contributed by atoms with E-state index in [1.165, 1.54) is 0 Å². The van der Waals surface area contributed by atoms with E-state index in [9.17, 15) is 9.59 Å². The Hall–Kier alpha value is -1.44. The molecule has 7 heteroatoms. The summed E-state index contributed by atoms with van der Waals surface area (Å²) in [6.45, 7) is 4.12. The standard InChI is InChI=1S/C20H25BrO6/c1-12-3-7-17(26-12)19(22)24-10-14-5-6-16(21)9-15(14)11-25-20(23)18-8-4-13(2)27-18/h5-6,9,12-13,17-18H,3-4,7-8,10-11H2,1-2H3/t12-,13-,17-,18+/m1/s1. The number of rotatable bonds is 6. The fourth-order valence-corrected chi connectivity index (χ4v) is 3.71. The molecule has 2 fully saturated rings. The minimum atomic E-state index is -0.491. The minimum Gasteiger partial charge on any atom is -0.459 e. The number of esters is 2. The van der Waals surface area contributed by atoms with E-state index >= 15 is 0 Å². The van der Waals surface area contributed by atoms with Gasteiger partial charge in [0.05, 0.1) is 12.2 Å². The van der Waals surface area contributed by atoms with Crippen LogP contribution in [0, 0.1) is 0 Å². The van der Waals surface area contributed by atoms with Crippen molar-refractivity contribution in [2.24, 2.45) is 0 Å². The zero-order valence-corrected chi connectivity index (χ0v) is 17.2. The van der Waals surface area contributed by atoms with Gasteiger partial charge < -0.3 is 18.9 Å². The highest BCUT2D eigenvalue weighted by atomic mass is 79.9. The summed E-state index contributed by atoms with van der Waals surface area (Å²) in [5, 5.41) is 0. The first-order chi connectivity index (χ1) is 12.9. The molecule has 0 saturated carbocycles. The Labute approximate surface area is 167 Å². The summed E-state index contributed by atoms with van der Waals surface area (Å²) in [7, 11) is 0. The van der Waals surface area contributed by atoms with Crippen molar-refractivity contribution in [1.82, 2.24) is 0 Å². The first-order valence-corrected chi connectivity index (χ1v) is 10.1. The highest BCUT2D eigenvalue weighted by molar-refractivity contribution is 9.10. The highest BCUT2D eigenvalue weighted by Gasteiger charge is 2.30. The molecule has 0 aliphatic carbocycles. The van der Waals surface area contributed by atoms with Gasteiger partial charge in [-0.15, -0.1) is 0 Å². The van der Waals surface area contributed by atoms with Crippen LogP contribution in [0.4, 0.5) is 0 Å². The molecule has 4 atom stereocenters. The summed E-state index contributed by atoms with van der Waals surface area (Å²) in [5.74, 6) is -0.700. The van der Waals surface area contributed by atoms with Gasteiger partial charge in [-0.1, -0.05) is 22.0 Å². The van der Waals surface area contributed by atoms with Crippen molar-refractivity contribution in [3.05, 3.63) is 33.8 Å². The second-order valence-electron chi connectivity index (χ2n) is 7.15. The SMILES string of the molecule is C[C@@H]1CC[C@@H](C(=O)OCc2cc(Br)ccc2COC(=O)[C@H]2CC[C@@H](C)O2)O1. The number of benzene rings is 1. The van der Waals surface area contributed by atoms with Crippen LogP contribution < -0.4 is 0 Å². The average molecular weight is 441 g/mol. The molecular weight excluding hydrogens is 416 g/mol. The Kier molecular flexibility index (Phi) is 6.89. The van der Waals surface area contributed by atoms with Crippen LogP contribution in [0.3, 0.4) is 0 Å². The van der Waals surface area contributed by atoms with Gasteiger partial charge in [0.1, 0.15) is 13.2 Å². The lowest BCUT2D eigenvalue weighted by Gasteiger charge is -2.15. The Bertz CT molecular complexity index is 691. The third-order valence-corrected chi connectivity index (χ3v) is 5.39. The number of ether oxygens (including phenoxy) is 4. The van der Waals surface area contributed by atoms with Crippen LogP contribution in [-0.4, -0.2) is 36.4 Å². The quantitative estimate of drug-likeness (QED) is 0.628. The molecule has 148 valence electrons. The van der Waals surface area contributed by atoms with Gasteiger partial charge in [-0.2, -0.15) is 0 Å². The van der Waals surface area contributed by atoms with Gasteiger partial charge in [0, 0.05) is 4.47 Å². The molecule has 3 rings (SSSR count). The number of carbonyl (C=O) groups is 2. The molecule has 2 aliphatic heterocycles. The van der Waals surface area contributed by atoms with E-state index in [2.05, 4.69) is 15.9 Å². The zero-order valence-electron chi connectivity index (χ0n) is 15.6. The van der Waals surface area contributed by atoms with Gasteiger partial charge in [0.2, 0.25) is 0 Å². The van der Waals surface area contributed by atoms with Crippen molar-refractivity contribution in [3.63, 3.8) is 0 Å². The van der Waals surface area contributed by atoms with E-state index in [-0.39, 0.29) is 37.4 Å². The second-order valence-corrected chi connectivity index (χ2v) is 8.07. The van der Waals surface area contributed by atoms with Gasteiger partial charge in [-0.05, 0) is 62.8 Å². The summed E-state index contributed by atoms with van der Waals surface area (Å²) in [4.78, 5) is 24.3.